The van der Waals surface area contributed by atoms with Crippen LogP contribution in [0.4, 0.5) is 5.69 Å². The highest BCUT2D eigenvalue weighted by atomic mass is 32.2. The number of sulfonamides is 1. The van der Waals surface area contributed by atoms with Crippen molar-refractivity contribution in [1.82, 2.24) is 0 Å². The number of methoxy groups -OCH3 is 2. The summed E-state index contributed by atoms with van der Waals surface area (Å²) in [5.74, 6) is 0.640. The number of allylic oxidation sites excluding steroid dienone is 1. The third-order valence-electron chi connectivity index (χ3n) is 4.46. The number of ether oxygens (including phenoxy) is 3. The van der Waals surface area contributed by atoms with Gasteiger partial charge in [-0.15, -0.1) is 0 Å². The fraction of sp³-hybridized carbons (Fsp3) is 0.125. The van der Waals surface area contributed by atoms with Crippen LogP contribution in [0.3, 0.4) is 0 Å². The highest BCUT2D eigenvalue weighted by Gasteiger charge is 2.18. The highest BCUT2D eigenvalue weighted by Crippen LogP contribution is 2.36. The molecule has 0 atom stereocenters. The van der Waals surface area contributed by atoms with Crippen LogP contribution in [-0.4, -0.2) is 39.8 Å². The average molecular weight is 470 g/mol. The molecule has 0 saturated heterocycles. The summed E-state index contributed by atoms with van der Waals surface area (Å²) in [5, 5.41) is 10.4. The van der Waals surface area contributed by atoms with Crippen molar-refractivity contribution in [3.8, 4) is 28.7 Å². The number of aromatic hydroxyl groups is 1. The molecule has 172 valence electrons. The van der Waals surface area contributed by atoms with E-state index in [1.54, 1.807) is 54.6 Å². The lowest BCUT2D eigenvalue weighted by Gasteiger charge is -2.14. The van der Waals surface area contributed by atoms with Crippen LogP contribution in [0.1, 0.15) is 15.9 Å². The van der Waals surface area contributed by atoms with Gasteiger partial charge in [-0.3, -0.25) is 9.52 Å². The van der Waals surface area contributed by atoms with Crippen molar-refractivity contribution in [2.24, 2.45) is 0 Å². The Kier molecular flexibility index (Phi) is 7.24. The molecule has 0 spiro atoms. The number of phenolic OH excluding ortho intramolecular Hbond substituents is 1. The summed E-state index contributed by atoms with van der Waals surface area (Å²) >= 11 is 0. The quantitative estimate of drug-likeness (QED) is 0.351. The maximum atomic E-state index is 12.8. The minimum Gasteiger partial charge on any atom is -0.507 e. The van der Waals surface area contributed by atoms with Gasteiger partial charge >= 0.3 is 0 Å². The van der Waals surface area contributed by atoms with E-state index < -0.39 is 21.6 Å². The fourth-order valence-electron chi connectivity index (χ4n) is 2.96. The van der Waals surface area contributed by atoms with Gasteiger partial charge in [0.2, 0.25) is 10.0 Å². The number of para-hydroxylation sites is 1. The summed E-state index contributed by atoms with van der Waals surface area (Å²) in [6.45, 7) is 0. The first kappa shape index (κ1) is 23.7. The standard InChI is InChI=1S/C24H23NO7S/c1-30-22-12-10-16(13-24(22)31-2)9-11-20(26)18-14-23(32-17-7-5-4-6-8-17)19(15-21(18)27)25-33(3,28)29/h4-15,25,27H,1-3H3. The summed E-state index contributed by atoms with van der Waals surface area (Å²) in [4.78, 5) is 12.8. The highest BCUT2D eigenvalue weighted by molar-refractivity contribution is 7.92. The van der Waals surface area contributed by atoms with Crippen molar-refractivity contribution in [2.45, 2.75) is 0 Å². The zero-order valence-electron chi connectivity index (χ0n) is 18.2. The molecule has 3 rings (SSSR count). The molecule has 0 aliphatic carbocycles. The lowest BCUT2D eigenvalue weighted by atomic mass is 10.1. The van der Waals surface area contributed by atoms with Gasteiger partial charge in [-0.1, -0.05) is 30.3 Å². The van der Waals surface area contributed by atoms with Crippen LogP contribution in [0.5, 0.6) is 28.7 Å². The minimum absolute atomic E-state index is 0.000673. The van der Waals surface area contributed by atoms with Gasteiger partial charge in [-0.05, 0) is 42.0 Å². The first-order chi connectivity index (χ1) is 15.7. The Morgan fingerprint density at radius 2 is 1.64 bits per heavy atom. The van der Waals surface area contributed by atoms with Gasteiger partial charge in [0.1, 0.15) is 11.5 Å². The average Bonchev–Trinajstić information content (AvgIpc) is 2.78. The second-order valence-corrected chi connectivity index (χ2v) is 8.72. The van der Waals surface area contributed by atoms with Gasteiger partial charge in [-0.2, -0.15) is 0 Å². The van der Waals surface area contributed by atoms with Gasteiger partial charge in [0.25, 0.3) is 0 Å². The topological polar surface area (TPSA) is 111 Å². The molecule has 0 radical (unpaired) electrons. The van der Waals surface area contributed by atoms with Crippen molar-refractivity contribution in [2.75, 3.05) is 25.2 Å². The van der Waals surface area contributed by atoms with Crippen molar-refractivity contribution in [1.29, 1.82) is 0 Å². The molecule has 2 N–H and O–H groups in total. The third kappa shape index (κ3) is 6.27. The number of hydrogen-bond acceptors (Lipinski definition) is 7. The Morgan fingerprint density at radius 3 is 2.27 bits per heavy atom. The summed E-state index contributed by atoms with van der Waals surface area (Å²) in [6, 6.07) is 16.2. The summed E-state index contributed by atoms with van der Waals surface area (Å²) in [5.41, 5.74) is 0.618. The molecule has 0 amide bonds. The molecule has 0 unspecified atom stereocenters. The molecule has 0 bridgehead atoms. The van der Waals surface area contributed by atoms with Gasteiger partial charge in [0, 0.05) is 6.07 Å². The molecule has 0 heterocycles. The number of ketones is 1. The van der Waals surface area contributed by atoms with Crippen molar-refractivity contribution in [3.63, 3.8) is 0 Å². The number of carbonyl (C=O) groups excluding carboxylic acids is 1. The van der Waals surface area contributed by atoms with E-state index in [1.807, 2.05) is 0 Å². The molecule has 3 aromatic carbocycles. The molecule has 9 heteroatoms. The van der Waals surface area contributed by atoms with Crippen molar-refractivity contribution < 1.29 is 32.5 Å². The number of rotatable bonds is 9. The normalized spacial score (nSPS) is 11.2. The van der Waals surface area contributed by atoms with Crippen LogP contribution in [0.2, 0.25) is 0 Å². The van der Waals surface area contributed by atoms with Crippen LogP contribution in [0, 0.1) is 0 Å². The lowest BCUT2D eigenvalue weighted by molar-refractivity contribution is 0.104. The minimum atomic E-state index is -3.66. The number of phenols is 1. The fourth-order valence-corrected chi connectivity index (χ4v) is 3.52. The third-order valence-corrected chi connectivity index (χ3v) is 5.06. The van der Waals surface area contributed by atoms with Crippen molar-refractivity contribution in [3.05, 3.63) is 77.9 Å². The molecule has 0 saturated carbocycles. The van der Waals surface area contributed by atoms with E-state index in [0.29, 0.717) is 22.8 Å². The smallest absolute Gasteiger partial charge is 0.229 e. The van der Waals surface area contributed by atoms with Crippen LogP contribution in [-0.2, 0) is 10.0 Å². The summed E-state index contributed by atoms with van der Waals surface area (Å²) < 4.78 is 42.0. The molecule has 0 aliphatic rings. The van der Waals surface area contributed by atoms with E-state index in [4.69, 9.17) is 14.2 Å². The Labute approximate surface area is 192 Å². The van der Waals surface area contributed by atoms with Crippen molar-refractivity contribution >= 4 is 27.6 Å². The zero-order valence-corrected chi connectivity index (χ0v) is 19.0. The van der Waals surface area contributed by atoms with Crippen LogP contribution in [0.25, 0.3) is 6.08 Å². The van der Waals surface area contributed by atoms with Gasteiger partial charge in [-0.25, -0.2) is 8.42 Å². The van der Waals surface area contributed by atoms with E-state index in [9.17, 15) is 18.3 Å². The van der Waals surface area contributed by atoms with E-state index >= 15 is 0 Å². The number of carbonyl (C=O) groups is 1. The summed E-state index contributed by atoms with van der Waals surface area (Å²) in [6.07, 6.45) is 3.82. The van der Waals surface area contributed by atoms with Crippen LogP contribution < -0.4 is 18.9 Å². The SMILES string of the molecule is COc1ccc(C=CC(=O)c2cc(Oc3ccccc3)c(NS(C)(=O)=O)cc2O)cc1OC. The molecule has 33 heavy (non-hydrogen) atoms. The number of hydrogen-bond donors (Lipinski definition) is 2. The molecule has 0 fully saturated rings. The van der Waals surface area contributed by atoms with E-state index in [2.05, 4.69) is 4.72 Å². The second-order valence-electron chi connectivity index (χ2n) is 6.97. The maximum Gasteiger partial charge on any atom is 0.229 e. The molecular weight excluding hydrogens is 446 g/mol. The van der Waals surface area contributed by atoms with Crippen LogP contribution >= 0.6 is 0 Å². The van der Waals surface area contributed by atoms with Crippen LogP contribution in [0.15, 0.2) is 66.7 Å². The Hall–Kier alpha value is -3.98. The summed E-state index contributed by atoms with van der Waals surface area (Å²) in [7, 11) is -0.629. The van der Waals surface area contributed by atoms with Gasteiger partial charge < -0.3 is 19.3 Å². The number of nitrogens with one attached hydrogen (secondary N) is 1. The Balaban J connectivity index is 1.95. The first-order valence-electron chi connectivity index (χ1n) is 9.72. The second kappa shape index (κ2) is 10.1. The van der Waals surface area contributed by atoms with E-state index in [0.717, 1.165) is 12.3 Å². The predicted molar refractivity (Wildman–Crippen MR) is 126 cm³/mol. The molecule has 0 aromatic heterocycles. The van der Waals surface area contributed by atoms with E-state index in [-0.39, 0.29) is 17.0 Å². The predicted octanol–water partition coefficient (Wildman–Crippen LogP) is 4.47. The first-order valence-corrected chi connectivity index (χ1v) is 11.6. The Bertz CT molecular complexity index is 1290. The lowest BCUT2D eigenvalue weighted by Crippen LogP contribution is -2.11. The molecule has 3 aromatic rings. The molecule has 8 nitrogen and oxygen atoms in total. The van der Waals surface area contributed by atoms with E-state index in [1.165, 1.54) is 26.4 Å². The monoisotopic (exact) mass is 469 g/mol. The molecular formula is C24H23NO7S. The zero-order chi connectivity index (χ0) is 24.0. The van der Waals surface area contributed by atoms with Gasteiger partial charge in [0.05, 0.1) is 31.7 Å². The maximum absolute atomic E-state index is 12.8. The Morgan fingerprint density at radius 1 is 0.939 bits per heavy atom. The number of anilines is 1. The molecule has 0 aliphatic heterocycles. The largest absolute Gasteiger partial charge is 0.507 e. The number of benzene rings is 3. The van der Waals surface area contributed by atoms with Gasteiger partial charge in [0.15, 0.2) is 23.0 Å².